The first-order chi connectivity index (χ1) is 5.56. The Morgan fingerprint density at radius 1 is 1.50 bits per heavy atom. The van der Waals surface area contributed by atoms with Gasteiger partial charge in [-0.1, -0.05) is 0 Å². The zero-order valence-electron chi connectivity index (χ0n) is 6.48. The summed E-state index contributed by atoms with van der Waals surface area (Å²) in [5.41, 5.74) is 0.770. The largest absolute Gasteiger partial charge is 0.263 e. The molecular weight excluding hydrogens is 178 g/mol. The summed E-state index contributed by atoms with van der Waals surface area (Å²) in [7, 11) is -3.56. The van der Waals surface area contributed by atoms with Crippen LogP contribution in [-0.4, -0.2) is 13.4 Å². The van der Waals surface area contributed by atoms with Crippen molar-refractivity contribution in [3.63, 3.8) is 0 Å². The van der Waals surface area contributed by atoms with E-state index in [9.17, 15) is 8.42 Å². The normalized spacial score (nSPS) is 11.5. The molecule has 1 rings (SSSR count). The van der Waals surface area contributed by atoms with Gasteiger partial charge in [-0.15, -0.1) is 4.83 Å². The van der Waals surface area contributed by atoms with E-state index in [2.05, 4.69) is 4.98 Å². The van der Waals surface area contributed by atoms with Gasteiger partial charge in [0.1, 0.15) is 4.90 Å². The number of rotatable bonds is 2. The van der Waals surface area contributed by atoms with Crippen molar-refractivity contribution in [3.05, 3.63) is 24.0 Å². The Bertz CT molecular complexity index is 374. The lowest BCUT2D eigenvalue weighted by Crippen LogP contribution is -2.30. The second-order valence-electron chi connectivity index (χ2n) is 2.32. The molecule has 0 aliphatic carbocycles. The topological polar surface area (TPSA) is 85.1 Å². The van der Waals surface area contributed by atoms with E-state index in [0.29, 0.717) is 0 Å². The molecule has 0 spiro atoms. The van der Waals surface area contributed by atoms with E-state index in [1.54, 1.807) is 18.0 Å². The standard InChI is InChI=1S/C6H9N3O2S/c1-5-2-6(4-8-3-5)12(10,11)9-7/h2-4,9H,7H2,1H3. The van der Waals surface area contributed by atoms with E-state index in [1.807, 2.05) is 0 Å². The monoisotopic (exact) mass is 187 g/mol. The molecule has 0 radical (unpaired) electrons. The molecule has 0 saturated carbocycles. The van der Waals surface area contributed by atoms with Crippen molar-refractivity contribution in [2.24, 2.45) is 5.84 Å². The van der Waals surface area contributed by atoms with Crippen LogP contribution in [0.25, 0.3) is 0 Å². The summed E-state index contributed by atoms with van der Waals surface area (Å²) in [4.78, 5) is 5.51. The van der Waals surface area contributed by atoms with Gasteiger partial charge in [0.25, 0.3) is 10.0 Å². The molecule has 1 aromatic rings. The third-order valence-corrected chi connectivity index (χ3v) is 2.47. The predicted molar refractivity (Wildman–Crippen MR) is 43.5 cm³/mol. The molecule has 0 amide bonds. The molecule has 3 N–H and O–H groups in total. The Morgan fingerprint density at radius 3 is 2.67 bits per heavy atom. The number of nitrogens with two attached hydrogens (primary N) is 1. The van der Waals surface area contributed by atoms with E-state index >= 15 is 0 Å². The first kappa shape index (κ1) is 9.11. The SMILES string of the molecule is Cc1cncc(S(=O)(=O)NN)c1. The Morgan fingerprint density at radius 2 is 2.17 bits per heavy atom. The van der Waals surface area contributed by atoms with Crippen molar-refractivity contribution in [1.29, 1.82) is 0 Å². The summed E-state index contributed by atoms with van der Waals surface area (Å²) in [6, 6.07) is 1.49. The van der Waals surface area contributed by atoms with Gasteiger partial charge >= 0.3 is 0 Å². The van der Waals surface area contributed by atoms with Gasteiger partial charge in [0.05, 0.1) is 0 Å². The number of aromatic nitrogens is 1. The molecule has 0 saturated heterocycles. The number of hydrazine groups is 1. The molecule has 1 aromatic heterocycles. The number of sulfonamides is 1. The van der Waals surface area contributed by atoms with E-state index < -0.39 is 10.0 Å². The van der Waals surface area contributed by atoms with Crippen molar-refractivity contribution in [2.75, 3.05) is 0 Å². The summed E-state index contributed by atoms with van der Waals surface area (Å²) in [6.07, 6.45) is 2.80. The highest BCUT2D eigenvalue weighted by Crippen LogP contribution is 2.06. The number of hydrogen-bond donors (Lipinski definition) is 2. The van der Waals surface area contributed by atoms with Crippen LogP contribution in [0.4, 0.5) is 0 Å². The molecule has 5 nitrogen and oxygen atoms in total. The number of nitrogens with zero attached hydrogens (tertiary/aromatic N) is 1. The molecule has 0 aromatic carbocycles. The van der Waals surface area contributed by atoms with Crippen LogP contribution in [0.1, 0.15) is 5.56 Å². The Labute approximate surface area is 70.6 Å². The van der Waals surface area contributed by atoms with E-state index in [-0.39, 0.29) is 4.90 Å². The van der Waals surface area contributed by atoms with Crippen LogP contribution in [0.3, 0.4) is 0 Å². The van der Waals surface area contributed by atoms with Crippen LogP contribution in [0.5, 0.6) is 0 Å². The first-order valence-corrected chi connectivity index (χ1v) is 4.68. The minimum atomic E-state index is -3.56. The molecule has 0 aliphatic heterocycles. The molecule has 0 aliphatic rings. The fraction of sp³-hybridized carbons (Fsp3) is 0.167. The molecular formula is C6H9N3O2S. The first-order valence-electron chi connectivity index (χ1n) is 3.20. The van der Waals surface area contributed by atoms with E-state index in [1.165, 1.54) is 12.3 Å². The van der Waals surface area contributed by atoms with Crippen molar-refractivity contribution in [3.8, 4) is 0 Å². The summed E-state index contributed by atoms with van der Waals surface area (Å²) in [5.74, 6) is 4.82. The Balaban J connectivity index is 3.21. The van der Waals surface area contributed by atoms with Crippen LogP contribution in [0.15, 0.2) is 23.4 Å². The number of aryl methyl sites for hydroxylation is 1. The van der Waals surface area contributed by atoms with Crippen molar-refractivity contribution >= 4 is 10.0 Å². The van der Waals surface area contributed by atoms with Gasteiger partial charge in [-0.25, -0.2) is 8.42 Å². The molecule has 0 bridgehead atoms. The second-order valence-corrected chi connectivity index (χ2v) is 4.03. The summed E-state index contributed by atoms with van der Waals surface area (Å²) >= 11 is 0. The lowest BCUT2D eigenvalue weighted by Gasteiger charge is -2.01. The maximum atomic E-state index is 11.1. The maximum Gasteiger partial charge on any atom is 0.254 e. The van der Waals surface area contributed by atoms with E-state index in [4.69, 9.17) is 5.84 Å². The minimum Gasteiger partial charge on any atom is -0.263 e. The fourth-order valence-corrected chi connectivity index (χ4v) is 1.42. The molecule has 0 fully saturated rings. The van der Waals surface area contributed by atoms with Crippen LogP contribution in [-0.2, 0) is 10.0 Å². The zero-order chi connectivity index (χ0) is 9.19. The van der Waals surface area contributed by atoms with Crippen LogP contribution < -0.4 is 10.7 Å². The summed E-state index contributed by atoms with van der Waals surface area (Å²) in [5, 5.41) is 0. The van der Waals surface area contributed by atoms with Crippen LogP contribution in [0, 0.1) is 6.92 Å². The van der Waals surface area contributed by atoms with Crippen LogP contribution in [0.2, 0.25) is 0 Å². The van der Waals surface area contributed by atoms with Gasteiger partial charge in [-0.05, 0) is 18.6 Å². The zero-order valence-corrected chi connectivity index (χ0v) is 7.30. The highest BCUT2D eigenvalue weighted by Gasteiger charge is 2.11. The molecule has 66 valence electrons. The van der Waals surface area contributed by atoms with Gasteiger partial charge in [0.2, 0.25) is 0 Å². The number of pyridine rings is 1. The number of hydrogen-bond acceptors (Lipinski definition) is 4. The lowest BCUT2D eigenvalue weighted by atomic mass is 10.3. The molecule has 6 heteroatoms. The molecule has 0 atom stereocenters. The maximum absolute atomic E-state index is 11.1. The smallest absolute Gasteiger partial charge is 0.254 e. The average Bonchev–Trinajstić information content (AvgIpc) is 2.05. The van der Waals surface area contributed by atoms with E-state index in [0.717, 1.165) is 5.56 Å². The molecule has 1 heterocycles. The Hall–Kier alpha value is -0.980. The molecule has 0 unspecified atom stereocenters. The quantitative estimate of drug-likeness (QED) is 0.484. The highest BCUT2D eigenvalue weighted by atomic mass is 32.2. The van der Waals surface area contributed by atoms with Crippen molar-refractivity contribution < 1.29 is 8.42 Å². The lowest BCUT2D eigenvalue weighted by molar-refractivity contribution is 0.583. The third-order valence-electron chi connectivity index (χ3n) is 1.32. The van der Waals surface area contributed by atoms with Gasteiger partial charge in [0, 0.05) is 12.4 Å². The summed E-state index contributed by atoms with van der Waals surface area (Å²) in [6.45, 7) is 1.75. The van der Waals surface area contributed by atoms with Gasteiger partial charge in [-0.2, -0.15) is 0 Å². The second kappa shape index (κ2) is 3.18. The average molecular weight is 187 g/mol. The van der Waals surface area contributed by atoms with Crippen molar-refractivity contribution in [2.45, 2.75) is 11.8 Å². The number of nitrogens with one attached hydrogen (secondary N) is 1. The Kier molecular flexibility index (Phi) is 2.41. The third kappa shape index (κ3) is 1.79. The van der Waals surface area contributed by atoms with Gasteiger partial charge in [-0.3, -0.25) is 10.8 Å². The predicted octanol–water partition coefficient (Wildman–Crippen LogP) is -0.458. The molecule has 12 heavy (non-hydrogen) atoms. The van der Waals surface area contributed by atoms with Crippen LogP contribution >= 0.6 is 0 Å². The fourth-order valence-electron chi connectivity index (χ4n) is 0.742. The van der Waals surface area contributed by atoms with Crippen molar-refractivity contribution in [1.82, 2.24) is 9.82 Å². The van der Waals surface area contributed by atoms with Gasteiger partial charge < -0.3 is 0 Å². The van der Waals surface area contributed by atoms with Gasteiger partial charge in [0.15, 0.2) is 0 Å². The summed E-state index contributed by atoms with van der Waals surface area (Å²) < 4.78 is 22.2. The highest BCUT2D eigenvalue weighted by molar-refractivity contribution is 7.89. The minimum absolute atomic E-state index is 0.0741.